The number of carbonyl (C=O) groups is 5. The standard InChI is InChI=1S/C23H28N2O12/c1-12(26)32-11-16-18(35-13(2)27)19-17(25-23(30)37-19)21(36-16)33-10-15(20(28)31-3)24-22(29)34-9-14-7-5-4-6-8-14/h4-8,15-19,21H,9-11H2,1-3H3,(H,24,29)(H,25,30)/t15-,16+,17+,18+,19+,21-/m0/s1. The van der Waals surface area contributed by atoms with E-state index in [1.165, 1.54) is 6.92 Å². The first kappa shape index (κ1) is 27.7. The van der Waals surface area contributed by atoms with E-state index in [1.54, 1.807) is 24.3 Å². The molecule has 202 valence electrons. The Morgan fingerprint density at radius 2 is 1.81 bits per heavy atom. The van der Waals surface area contributed by atoms with E-state index in [1.807, 2.05) is 6.07 Å². The van der Waals surface area contributed by atoms with Crippen LogP contribution >= 0.6 is 0 Å². The molecule has 0 aliphatic carbocycles. The predicted molar refractivity (Wildman–Crippen MR) is 120 cm³/mol. The Morgan fingerprint density at radius 3 is 2.46 bits per heavy atom. The van der Waals surface area contributed by atoms with Gasteiger partial charge in [0.2, 0.25) is 0 Å². The van der Waals surface area contributed by atoms with Crippen LogP contribution in [0.25, 0.3) is 0 Å². The van der Waals surface area contributed by atoms with Gasteiger partial charge in [0.05, 0.1) is 13.7 Å². The maximum atomic E-state index is 12.3. The van der Waals surface area contributed by atoms with E-state index in [0.29, 0.717) is 0 Å². The van der Waals surface area contributed by atoms with E-state index >= 15 is 0 Å². The summed E-state index contributed by atoms with van der Waals surface area (Å²) in [6.07, 6.45) is -6.17. The summed E-state index contributed by atoms with van der Waals surface area (Å²) in [6, 6.07) is 6.66. The molecule has 2 amide bonds. The average Bonchev–Trinajstić information content (AvgIpc) is 3.26. The van der Waals surface area contributed by atoms with Crippen molar-refractivity contribution in [2.75, 3.05) is 20.3 Å². The molecule has 14 nitrogen and oxygen atoms in total. The molecule has 2 saturated heterocycles. The number of fused-ring (bicyclic) bond motifs is 1. The number of methoxy groups -OCH3 is 1. The minimum atomic E-state index is -1.30. The Morgan fingerprint density at radius 1 is 1.08 bits per heavy atom. The molecule has 6 atom stereocenters. The van der Waals surface area contributed by atoms with Crippen molar-refractivity contribution in [3.8, 4) is 0 Å². The third kappa shape index (κ3) is 7.79. The minimum absolute atomic E-state index is 0.0321. The molecule has 1 aromatic rings. The molecule has 2 N–H and O–H groups in total. The van der Waals surface area contributed by atoms with Crippen molar-refractivity contribution in [3.05, 3.63) is 35.9 Å². The lowest BCUT2D eigenvalue weighted by Crippen LogP contribution is -2.62. The largest absolute Gasteiger partial charge is 0.467 e. The first-order valence-electron chi connectivity index (χ1n) is 11.3. The second-order valence-electron chi connectivity index (χ2n) is 8.07. The van der Waals surface area contributed by atoms with E-state index in [2.05, 4.69) is 10.6 Å². The first-order valence-corrected chi connectivity index (χ1v) is 11.3. The van der Waals surface area contributed by atoms with Crippen LogP contribution in [0.3, 0.4) is 0 Å². The maximum Gasteiger partial charge on any atom is 0.408 e. The van der Waals surface area contributed by atoms with Crippen molar-refractivity contribution in [1.29, 1.82) is 0 Å². The van der Waals surface area contributed by atoms with Crippen molar-refractivity contribution in [2.45, 2.75) is 57.1 Å². The van der Waals surface area contributed by atoms with Gasteiger partial charge < -0.3 is 43.8 Å². The lowest BCUT2D eigenvalue weighted by molar-refractivity contribution is -0.265. The molecule has 2 aliphatic rings. The van der Waals surface area contributed by atoms with Gasteiger partial charge in [-0.25, -0.2) is 14.4 Å². The van der Waals surface area contributed by atoms with Gasteiger partial charge in [-0.1, -0.05) is 30.3 Å². The maximum absolute atomic E-state index is 12.3. The smallest absolute Gasteiger partial charge is 0.408 e. The Kier molecular flexibility index (Phi) is 9.63. The molecule has 0 unspecified atom stereocenters. The molecule has 0 radical (unpaired) electrons. The van der Waals surface area contributed by atoms with E-state index in [0.717, 1.165) is 19.6 Å². The van der Waals surface area contributed by atoms with Crippen molar-refractivity contribution in [1.82, 2.24) is 10.6 Å². The molecule has 0 saturated carbocycles. The lowest BCUT2D eigenvalue weighted by Gasteiger charge is -2.41. The van der Waals surface area contributed by atoms with Crippen LogP contribution in [0.1, 0.15) is 19.4 Å². The van der Waals surface area contributed by atoms with Crippen LogP contribution in [0.4, 0.5) is 9.59 Å². The summed E-state index contributed by atoms with van der Waals surface area (Å²) < 4.78 is 36.9. The summed E-state index contributed by atoms with van der Waals surface area (Å²) in [7, 11) is 1.13. The summed E-state index contributed by atoms with van der Waals surface area (Å²) in [4.78, 5) is 59.5. The monoisotopic (exact) mass is 524 g/mol. The zero-order valence-corrected chi connectivity index (χ0v) is 20.4. The summed E-state index contributed by atoms with van der Waals surface area (Å²) in [5, 5.41) is 4.86. The highest BCUT2D eigenvalue weighted by atomic mass is 16.7. The van der Waals surface area contributed by atoms with Crippen LogP contribution in [0.2, 0.25) is 0 Å². The molecule has 2 heterocycles. The van der Waals surface area contributed by atoms with Gasteiger partial charge in [-0.3, -0.25) is 9.59 Å². The Labute approximate surface area is 211 Å². The number of hydrogen-bond acceptors (Lipinski definition) is 12. The van der Waals surface area contributed by atoms with Gasteiger partial charge in [0.25, 0.3) is 0 Å². The number of nitrogens with one attached hydrogen (secondary N) is 2. The fourth-order valence-corrected chi connectivity index (χ4v) is 3.71. The normalized spacial score (nSPS) is 24.9. The van der Waals surface area contributed by atoms with Crippen molar-refractivity contribution >= 4 is 30.1 Å². The quantitative estimate of drug-likeness (QED) is 0.314. The number of benzene rings is 1. The Hall–Kier alpha value is -3.91. The molecule has 0 bridgehead atoms. The number of hydrogen-bond donors (Lipinski definition) is 2. The zero-order chi connectivity index (χ0) is 26.9. The Bertz CT molecular complexity index is 987. The molecule has 2 fully saturated rings. The number of ether oxygens (including phenoxy) is 7. The zero-order valence-electron chi connectivity index (χ0n) is 20.4. The van der Waals surface area contributed by atoms with Gasteiger partial charge in [0, 0.05) is 13.8 Å². The SMILES string of the molecule is COC(=O)[C@H](CO[C@H]1O[C@H](COC(C)=O)[C@@H](OC(C)=O)[C@@H]2OC(=O)N[C@@H]12)NC(=O)OCc1ccccc1. The average molecular weight is 524 g/mol. The molecule has 0 spiro atoms. The number of esters is 3. The summed E-state index contributed by atoms with van der Waals surface area (Å²) >= 11 is 0. The van der Waals surface area contributed by atoms with Gasteiger partial charge in [0.1, 0.15) is 25.4 Å². The highest BCUT2D eigenvalue weighted by Crippen LogP contribution is 2.30. The first-order chi connectivity index (χ1) is 17.7. The Balaban J connectivity index is 1.67. The van der Waals surface area contributed by atoms with Crippen LogP contribution < -0.4 is 10.6 Å². The van der Waals surface area contributed by atoms with E-state index in [-0.39, 0.29) is 13.2 Å². The van der Waals surface area contributed by atoms with Crippen LogP contribution in [0.5, 0.6) is 0 Å². The van der Waals surface area contributed by atoms with Crippen molar-refractivity contribution in [3.63, 3.8) is 0 Å². The highest BCUT2D eigenvalue weighted by Gasteiger charge is 2.55. The van der Waals surface area contributed by atoms with Crippen LogP contribution in [-0.2, 0) is 54.1 Å². The number of alkyl carbamates (subject to hydrolysis) is 2. The molecular weight excluding hydrogens is 496 g/mol. The molecule has 37 heavy (non-hydrogen) atoms. The molecule has 2 aliphatic heterocycles. The van der Waals surface area contributed by atoms with E-state index in [9.17, 15) is 24.0 Å². The summed E-state index contributed by atoms with van der Waals surface area (Å²) in [5.41, 5.74) is 0.739. The number of amides is 2. The number of carbonyl (C=O) groups excluding carboxylic acids is 5. The van der Waals surface area contributed by atoms with Crippen LogP contribution in [0, 0.1) is 0 Å². The molecular formula is C23H28N2O12. The van der Waals surface area contributed by atoms with E-state index in [4.69, 9.17) is 33.2 Å². The van der Waals surface area contributed by atoms with Crippen LogP contribution in [0.15, 0.2) is 30.3 Å². The summed E-state index contributed by atoms with van der Waals surface area (Å²) in [5.74, 6) is -2.12. The fourth-order valence-electron chi connectivity index (χ4n) is 3.71. The topological polar surface area (TPSA) is 174 Å². The molecule has 3 rings (SSSR count). The second-order valence-corrected chi connectivity index (χ2v) is 8.07. The second kappa shape index (κ2) is 12.9. The van der Waals surface area contributed by atoms with Gasteiger partial charge in [-0.05, 0) is 5.56 Å². The summed E-state index contributed by atoms with van der Waals surface area (Å²) in [6.45, 7) is 1.53. The lowest BCUT2D eigenvalue weighted by atomic mass is 9.97. The van der Waals surface area contributed by atoms with Gasteiger partial charge in [0.15, 0.2) is 24.5 Å². The van der Waals surface area contributed by atoms with Crippen molar-refractivity contribution in [2.24, 2.45) is 0 Å². The van der Waals surface area contributed by atoms with Gasteiger partial charge in [-0.15, -0.1) is 0 Å². The fraction of sp³-hybridized carbons (Fsp3) is 0.522. The highest BCUT2D eigenvalue weighted by molar-refractivity contribution is 5.81. The molecule has 1 aromatic carbocycles. The molecule has 0 aromatic heterocycles. The molecule has 14 heteroatoms. The van der Waals surface area contributed by atoms with Gasteiger partial charge in [-0.2, -0.15) is 0 Å². The predicted octanol–water partition coefficient (Wildman–Crippen LogP) is 0.168. The third-order valence-electron chi connectivity index (χ3n) is 5.34. The minimum Gasteiger partial charge on any atom is -0.467 e. The van der Waals surface area contributed by atoms with Crippen LogP contribution in [-0.4, -0.2) is 87.1 Å². The van der Waals surface area contributed by atoms with E-state index < -0.39 is 73.4 Å². The number of rotatable bonds is 10. The van der Waals surface area contributed by atoms with Crippen molar-refractivity contribution < 1.29 is 57.1 Å². The van der Waals surface area contributed by atoms with Gasteiger partial charge >= 0.3 is 30.1 Å². The third-order valence-corrected chi connectivity index (χ3v) is 5.34.